The minimum atomic E-state index is -0.586. The Balaban J connectivity index is 3.27. The fourth-order valence-electron chi connectivity index (χ4n) is 1.38. The van der Waals surface area contributed by atoms with E-state index in [4.69, 9.17) is 9.15 Å². The minimum Gasteiger partial charge on any atom is -0.496 e. The summed E-state index contributed by atoms with van der Waals surface area (Å²) in [5.41, 5.74) is 0.717. The molecule has 1 aromatic rings. The van der Waals surface area contributed by atoms with Crippen LogP contribution in [0.4, 0.5) is 0 Å². The van der Waals surface area contributed by atoms with Gasteiger partial charge in [0.25, 0.3) is 0 Å². The molecule has 0 amide bonds. The zero-order valence-corrected chi connectivity index (χ0v) is 9.90. The Labute approximate surface area is 94.2 Å². The van der Waals surface area contributed by atoms with Gasteiger partial charge in [-0.15, -0.1) is 0 Å². The van der Waals surface area contributed by atoms with Gasteiger partial charge in [-0.3, -0.25) is 0 Å². The summed E-state index contributed by atoms with van der Waals surface area (Å²) >= 11 is 0. The second-order valence-electron chi connectivity index (χ2n) is 3.68. The van der Waals surface area contributed by atoms with Crippen molar-refractivity contribution in [3.8, 4) is 5.75 Å². The Bertz CT molecular complexity index is 455. The van der Waals surface area contributed by atoms with E-state index in [0.717, 1.165) is 0 Å². The van der Waals surface area contributed by atoms with Gasteiger partial charge in [0.1, 0.15) is 11.5 Å². The molecule has 1 heterocycles. The molecule has 0 unspecified atom stereocenters. The third-order valence-corrected chi connectivity index (χ3v) is 2.24. The lowest BCUT2D eigenvalue weighted by Crippen LogP contribution is -2.07. The predicted octanol–water partition coefficient (Wildman–Crippen LogP) is 1.74. The molecule has 0 saturated heterocycles. The van der Waals surface area contributed by atoms with Crippen molar-refractivity contribution >= 4 is 5.57 Å². The highest BCUT2D eigenvalue weighted by atomic mass is 16.5. The van der Waals surface area contributed by atoms with E-state index in [-0.39, 0.29) is 0 Å². The third-order valence-electron chi connectivity index (χ3n) is 2.24. The highest BCUT2D eigenvalue weighted by Gasteiger charge is 2.09. The highest BCUT2D eigenvalue weighted by molar-refractivity contribution is 5.60. The molecule has 0 aliphatic carbocycles. The van der Waals surface area contributed by atoms with Crippen molar-refractivity contribution in [3.63, 3.8) is 0 Å². The molecule has 0 saturated carbocycles. The van der Waals surface area contributed by atoms with Gasteiger partial charge < -0.3 is 14.3 Å². The Hall–Kier alpha value is -1.55. The first-order chi connectivity index (χ1) is 7.45. The number of hydrogen-bond acceptors (Lipinski definition) is 4. The maximum absolute atomic E-state index is 11.5. The fraction of sp³-hybridized carbons (Fsp3) is 0.417. The molecule has 0 fully saturated rings. The molecule has 0 aliphatic heterocycles. The van der Waals surface area contributed by atoms with Crippen molar-refractivity contribution in [2.24, 2.45) is 0 Å². The maximum atomic E-state index is 11.5. The van der Waals surface area contributed by atoms with Gasteiger partial charge in [-0.1, -0.05) is 0 Å². The maximum Gasteiger partial charge on any atom is 0.342 e. The van der Waals surface area contributed by atoms with Crippen molar-refractivity contribution in [3.05, 3.63) is 33.9 Å². The van der Waals surface area contributed by atoms with E-state index in [1.807, 2.05) is 0 Å². The summed E-state index contributed by atoms with van der Waals surface area (Å²) in [5.74, 6) is 0.901. The first kappa shape index (κ1) is 12.5. The van der Waals surface area contributed by atoms with E-state index in [2.05, 4.69) is 0 Å². The number of allylic oxidation sites excluding steroid dienone is 1. The van der Waals surface area contributed by atoms with Crippen molar-refractivity contribution in [2.45, 2.75) is 26.9 Å². The number of aliphatic hydroxyl groups is 1. The number of methoxy groups -OCH3 is 1. The molecule has 0 aliphatic rings. The largest absolute Gasteiger partial charge is 0.496 e. The van der Waals surface area contributed by atoms with Crippen LogP contribution in [-0.2, 0) is 0 Å². The lowest BCUT2D eigenvalue weighted by atomic mass is 10.1. The van der Waals surface area contributed by atoms with E-state index in [9.17, 15) is 9.90 Å². The Morgan fingerprint density at radius 2 is 2.25 bits per heavy atom. The van der Waals surface area contributed by atoms with Crippen LogP contribution in [0, 0.1) is 6.92 Å². The van der Waals surface area contributed by atoms with Gasteiger partial charge in [0, 0.05) is 6.07 Å². The molecule has 16 heavy (non-hydrogen) atoms. The standard InChI is InChI=1S/C12H16O4/c1-7(5-8(2)13)10-6-11(15-4)9(3)12(14)16-10/h5-6,8,13H,1-4H3/b7-5+/t8-/m1/s1. The molecule has 1 atom stereocenters. The van der Waals surface area contributed by atoms with Crippen molar-refractivity contribution in [2.75, 3.05) is 7.11 Å². The molecular weight excluding hydrogens is 208 g/mol. The fourth-order valence-corrected chi connectivity index (χ4v) is 1.38. The summed E-state index contributed by atoms with van der Waals surface area (Å²) < 4.78 is 10.2. The van der Waals surface area contributed by atoms with Crippen LogP contribution in [0.25, 0.3) is 5.57 Å². The highest BCUT2D eigenvalue weighted by Crippen LogP contribution is 2.20. The van der Waals surface area contributed by atoms with Crippen molar-refractivity contribution in [1.29, 1.82) is 0 Å². The number of aliphatic hydroxyl groups excluding tert-OH is 1. The SMILES string of the molecule is COc1cc(/C(C)=C/[C@@H](C)O)oc(=O)c1C. The first-order valence-electron chi connectivity index (χ1n) is 5.01. The molecule has 1 aromatic heterocycles. The van der Waals surface area contributed by atoms with Crippen LogP contribution in [0.1, 0.15) is 25.2 Å². The van der Waals surface area contributed by atoms with E-state index in [0.29, 0.717) is 22.6 Å². The average Bonchev–Trinajstić information content (AvgIpc) is 2.20. The smallest absolute Gasteiger partial charge is 0.342 e. The number of hydrogen-bond donors (Lipinski definition) is 1. The summed E-state index contributed by atoms with van der Waals surface area (Å²) in [4.78, 5) is 11.5. The molecule has 88 valence electrons. The monoisotopic (exact) mass is 224 g/mol. The molecule has 0 bridgehead atoms. The van der Waals surface area contributed by atoms with Crippen LogP contribution < -0.4 is 10.4 Å². The second kappa shape index (κ2) is 4.99. The predicted molar refractivity (Wildman–Crippen MR) is 61.6 cm³/mol. The summed E-state index contributed by atoms with van der Waals surface area (Å²) in [5, 5.41) is 9.21. The number of rotatable bonds is 3. The molecule has 4 heteroatoms. The summed E-state index contributed by atoms with van der Waals surface area (Å²) in [7, 11) is 1.50. The summed E-state index contributed by atoms with van der Waals surface area (Å²) in [6.45, 7) is 5.04. The van der Waals surface area contributed by atoms with Crippen molar-refractivity contribution in [1.82, 2.24) is 0 Å². The zero-order valence-electron chi connectivity index (χ0n) is 9.90. The molecule has 1 rings (SSSR count). The van der Waals surface area contributed by atoms with Gasteiger partial charge in [0.05, 0.1) is 18.8 Å². The molecular formula is C12H16O4. The molecule has 1 N–H and O–H groups in total. The number of ether oxygens (including phenoxy) is 1. The van der Waals surface area contributed by atoms with Crippen LogP contribution in [0.5, 0.6) is 5.75 Å². The van der Waals surface area contributed by atoms with E-state index in [1.165, 1.54) is 7.11 Å². The zero-order chi connectivity index (χ0) is 12.3. The molecule has 0 aromatic carbocycles. The van der Waals surface area contributed by atoms with Crippen molar-refractivity contribution < 1.29 is 14.3 Å². The molecule has 4 nitrogen and oxygen atoms in total. The third kappa shape index (κ3) is 2.73. The van der Waals surface area contributed by atoms with Crippen LogP contribution >= 0.6 is 0 Å². The quantitative estimate of drug-likeness (QED) is 0.849. The summed E-state index contributed by atoms with van der Waals surface area (Å²) in [6.07, 6.45) is 1.02. The average molecular weight is 224 g/mol. The van der Waals surface area contributed by atoms with Gasteiger partial charge in [-0.05, 0) is 32.4 Å². The Morgan fingerprint density at radius 1 is 1.62 bits per heavy atom. The van der Waals surface area contributed by atoms with Gasteiger partial charge in [-0.2, -0.15) is 0 Å². The lowest BCUT2D eigenvalue weighted by Gasteiger charge is -2.06. The minimum absolute atomic E-state index is 0.411. The Morgan fingerprint density at radius 3 is 2.75 bits per heavy atom. The lowest BCUT2D eigenvalue weighted by molar-refractivity contribution is 0.244. The van der Waals surface area contributed by atoms with Crippen LogP contribution in [0.3, 0.4) is 0 Å². The molecule has 0 radical (unpaired) electrons. The molecule has 0 spiro atoms. The van der Waals surface area contributed by atoms with E-state index < -0.39 is 11.7 Å². The Kier molecular flexibility index (Phi) is 3.90. The van der Waals surface area contributed by atoms with Crippen LogP contribution in [0.15, 0.2) is 21.4 Å². The van der Waals surface area contributed by atoms with Gasteiger partial charge in [0.15, 0.2) is 0 Å². The van der Waals surface area contributed by atoms with E-state index in [1.54, 1.807) is 32.9 Å². The van der Waals surface area contributed by atoms with Crippen LogP contribution in [-0.4, -0.2) is 18.3 Å². The van der Waals surface area contributed by atoms with Gasteiger partial charge >= 0.3 is 5.63 Å². The first-order valence-corrected chi connectivity index (χ1v) is 5.01. The van der Waals surface area contributed by atoms with Gasteiger partial charge in [0.2, 0.25) is 0 Å². The summed E-state index contributed by atoms with van der Waals surface area (Å²) in [6, 6.07) is 1.64. The van der Waals surface area contributed by atoms with Crippen LogP contribution in [0.2, 0.25) is 0 Å². The van der Waals surface area contributed by atoms with E-state index >= 15 is 0 Å². The van der Waals surface area contributed by atoms with Gasteiger partial charge in [-0.25, -0.2) is 4.79 Å². The second-order valence-corrected chi connectivity index (χ2v) is 3.68. The normalized spacial score (nSPS) is 13.7. The topological polar surface area (TPSA) is 59.7 Å².